The second kappa shape index (κ2) is 8.06. The second-order valence-electron chi connectivity index (χ2n) is 5.20. The topological polar surface area (TPSA) is 105 Å². The summed E-state index contributed by atoms with van der Waals surface area (Å²) < 4.78 is 12.8. The van der Waals surface area contributed by atoms with Crippen LogP contribution in [0.2, 0.25) is 0 Å². The van der Waals surface area contributed by atoms with Crippen molar-refractivity contribution in [1.82, 2.24) is 20.2 Å². The van der Waals surface area contributed by atoms with Crippen molar-refractivity contribution in [2.75, 3.05) is 19.0 Å². The highest BCUT2D eigenvalue weighted by molar-refractivity contribution is 7.99. The van der Waals surface area contributed by atoms with Crippen molar-refractivity contribution in [3.05, 3.63) is 34.4 Å². The third-order valence-corrected chi connectivity index (χ3v) is 4.46. The van der Waals surface area contributed by atoms with Gasteiger partial charge in [0.1, 0.15) is 0 Å². The van der Waals surface area contributed by atoms with Crippen LogP contribution in [-0.2, 0) is 11.3 Å². The van der Waals surface area contributed by atoms with Crippen LogP contribution in [0.5, 0.6) is 5.75 Å². The van der Waals surface area contributed by atoms with Crippen molar-refractivity contribution >= 4 is 17.4 Å². The Morgan fingerprint density at radius 3 is 3.12 bits per heavy atom. The first-order valence-electron chi connectivity index (χ1n) is 7.61. The summed E-state index contributed by atoms with van der Waals surface area (Å²) in [6.45, 7) is 1.75. The van der Waals surface area contributed by atoms with E-state index in [1.165, 1.54) is 17.8 Å². The van der Waals surface area contributed by atoms with Crippen molar-refractivity contribution in [3.8, 4) is 5.75 Å². The summed E-state index contributed by atoms with van der Waals surface area (Å²) in [6, 6.07) is 6.32. The zero-order valence-electron chi connectivity index (χ0n) is 12.9. The Kier molecular flexibility index (Phi) is 5.59. The molecular weight excluding hydrogens is 334 g/mol. The van der Waals surface area contributed by atoms with Crippen LogP contribution >= 0.6 is 11.8 Å². The molecule has 10 heteroatoms. The molecule has 1 fully saturated rings. The monoisotopic (exact) mass is 351 g/mol. The van der Waals surface area contributed by atoms with E-state index in [2.05, 4.69) is 15.5 Å². The van der Waals surface area contributed by atoms with Crippen LogP contribution in [0.1, 0.15) is 12.8 Å². The van der Waals surface area contributed by atoms with Gasteiger partial charge >= 0.3 is 5.69 Å². The quantitative estimate of drug-likeness (QED) is 0.307. The van der Waals surface area contributed by atoms with Gasteiger partial charge in [-0.2, -0.15) is 0 Å². The van der Waals surface area contributed by atoms with Crippen LogP contribution in [0, 0.1) is 10.1 Å². The fourth-order valence-electron chi connectivity index (χ4n) is 2.41. The second-order valence-corrected chi connectivity index (χ2v) is 6.26. The van der Waals surface area contributed by atoms with Gasteiger partial charge in [0.05, 0.1) is 24.2 Å². The number of aromatic nitrogens is 4. The number of benzene rings is 1. The molecule has 2 aromatic rings. The predicted molar refractivity (Wildman–Crippen MR) is 86.1 cm³/mol. The van der Waals surface area contributed by atoms with Gasteiger partial charge in [-0.05, 0) is 29.3 Å². The summed E-state index contributed by atoms with van der Waals surface area (Å²) in [5, 5.41) is 23.3. The number of nitrogens with zero attached hydrogens (tertiary/aromatic N) is 5. The molecule has 0 spiro atoms. The molecule has 9 nitrogen and oxygen atoms in total. The van der Waals surface area contributed by atoms with Gasteiger partial charge in [-0.1, -0.05) is 23.9 Å². The zero-order valence-corrected chi connectivity index (χ0v) is 13.7. The van der Waals surface area contributed by atoms with Gasteiger partial charge in [0.2, 0.25) is 5.16 Å². The summed E-state index contributed by atoms with van der Waals surface area (Å²) in [4.78, 5) is 10.5. The van der Waals surface area contributed by atoms with Crippen LogP contribution in [0.3, 0.4) is 0 Å². The Morgan fingerprint density at radius 1 is 1.46 bits per heavy atom. The standard InChI is InChI=1S/C14H17N5O4S/c20-19(21)12-5-1-2-6-13(12)23-8-9-24-14-15-16-17-18(14)10-11-4-3-7-22-11/h1-2,5-6,11H,3-4,7-10H2/t11-/m1/s1. The van der Waals surface area contributed by atoms with Crippen LogP contribution in [0.15, 0.2) is 29.4 Å². The van der Waals surface area contributed by atoms with Crippen molar-refractivity contribution in [2.45, 2.75) is 30.6 Å². The van der Waals surface area contributed by atoms with E-state index in [4.69, 9.17) is 9.47 Å². The van der Waals surface area contributed by atoms with E-state index in [-0.39, 0.29) is 17.5 Å². The Morgan fingerprint density at radius 2 is 2.33 bits per heavy atom. The van der Waals surface area contributed by atoms with Crippen LogP contribution < -0.4 is 4.74 Å². The number of thioether (sulfide) groups is 1. The number of rotatable bonds is 8. The number of ether oxygens (including phenoxy) is 2. The number of para-hydroxylation sites is 2. The van der Waals surface area contributed by atoms with Gasteiger partial charge in [0.15, 0.2) is 5.75 Å². The Hall–Kier alpha value is -2.20. The summed E-state index contributed by atoms with van der Waals surface area (Å²) in [5.41, 5.74) is -0.0364. The number of hydrogen-bond donors (Lipinski definition) is 0. The predicted octanol–water partition coefficient (Wildman–Crippen LogP) is 1.93. The first-order valence-corrected chi connectivity index (χ1v) is 8.59. The molecule has 0 saturated carbocycles. The zero-order chi connectivity index (χ0) is 16.8. The van der Waals surface area contributed by atoms with E-state index >= 15 is 0 Å². The molecule has 0 radical (unpaired) electrons. The van der Waals surface area contributed by atoms with E-state index in [9.17, 15) is 10.1 Å². The highest BCUT2D eigenvalue weighted by Crippen LogP contribution is 2.26. The van der Waals surface area contributed by atoms with Crippen LogP contribution in [0.4, 0.5) is 5.69 Å². The van der Waals surface area contributed by atoms with E-state index in [1.54, 1.807) is 22.9 Å². The summed E-state index contributed by atoms with van der Waals surface area (Å²) in [6.07, 6.45) is 2.25. The molecule has 128 valence electrons. The Balaban J connectivity index is 1.49. The molecule has 1 aromatic carbocycles. The minimum Gasteiger partial charge on any atom is -0.486 e. The summed E-state index contributed by atoms with van der Waals surface area (Å²) >= 11 is 1.45. The fraction of sp³-hybridized carbons (Fsp3) is 0.500. The molecule has 1 saturated heterocycles. The average Bonchev–Trinajstić information content (AvgIpc) is 3.24. The van der Waals surface area contributed by atoms with Gasteiger partial charge < -0.3 is 9.47 Å². The van der Waals surface area contributed by atoms with Gasteiger partial charge in [0.25, 0.3) is 0 Å². The van der Waals surface area contributed by atoms with E-state index < -0.39 is 4.92 Å². The maximum atomic E-state index is 10.9. The lowest BCUT2D eigenvalue weighted by molar-refractivity contribution is -0.385. The summed E-state index contributed by atoms with van der Waals surface area (Å²) in [5.74, 6) is 0.847. The SMILES string of the molecule is O=[N+]([O-])c1ccccc1OCCSc1nnnn1C[C@H]1CCCO1. The third kappa shape index (κ3) is 4.20. The molecule has 2 heterocycles. The Labute approximate surface area is 142 Å². The minimum absolute atomic E-state index is 0.0364. The van der Waals surface area contributed by atoms with Crippen molar-refractivity contribution in [3.63, 3.8) is 0 Å². The molecule has 1 aromatic heterocycles. The van der Waals surface area contributed by atoms with Crippen molar-refractivity contribution in [2.24, 2.45) is 0 Å². The maximum Gasteiger partial charge on any atom is 0.310 e. The molecule has 24 heavy (non-hydrogen) atoms. The molecule has 0 amide bonds. The molecule has 0 unspecified atom stereocenters. The van der Waals surface area contributed by atoms with E-state index in [0.29, 0.717) is 24.1 Å². The number of nitro benzene ring substituents is 1. The van der Waals surface area contributed by atoms with E-state index in [0.717, 1.165) is 19.4 Å². The minimum atomic E-state index is -0.454. The highest BCUT2D eigenvalue weighted by atomic mass is 32.2. The van der Waals surface area contributed by atoms with Gasteiger partial charge in [-0.15, -0.1) is 5.10 Å². The van der Waals surface area contributed by atoms with Crippen molar-refractivity contribution in [1.29, 1.82) is 0 Å². The van der Waals surface area contributed by atoms with Gasteiger partial charge in [-0.25, -0.2) is 4.68 Å². The average molecular weight is 351 g/mol. The lowest BCUT2D eigenvalue weighted by atomic mass is 10.2. The maximum absolute atomic E-state index is 10.9. The smallest absolute Gasteiger partial charge is 0.310 e. The van der Waals surface area contributed by atoms with Gasteiger partial charge in [0, 0.05) is 18.4 Å². The number of hydrogen-bond acceptors (Lipinski definition) is 8. The fourth-order valence-corrected chi connectivity index (χ4v) is 3.11. The first-order chi connectivity index (χ1) is 11.7. The lowest BCUT2D eigenvalue weighted by Crippen LogP contribution is -2.17. The van der Waals surface area contributed by atoms with Crippen LogP contribution in [0.25, 0.3) is 0 Å². The molecule has 0 bridgehead atoms. The molecule has 1 aliphatic rings. The van der Waals surface area contributed by atoms with Crippen LogP contribution in [-0.4, -0.2) is 50.2 Å². The number of nitro groups is 1. The third-order valence-electron chi connectivity index (χ3n) is 3.53. The van der Waals surface area contributed by atoms with Gasteiger partial charge in [-0.3, -0.25) is 10.1 Å². The lowest BCUT2D eigenvalue weighted by Gasteiger charge is -2.10. The molecular formula is C14H17N5O4S. The molecule has 3 rings (SSSR count). The van der Waals surface area contributed by atoms with E-state index in [1.807, 2.05) is 0 Å². The normalized spacial score (nSPS) is 17.1. The highest BCUT2D eigenvalue weighted by Gasteiger charge is 2.19. The molecule has 1 atom stereocenters. The van der Waals surface area contributed by atoms with Crippen molar-refractivity contribution < 1.29 is 14.4 Å². The molecule has 0 N–H and O–H groups in total. The summed E-state index contributed by atoms with van der Waals surface area (Å²) in [7, 11) is 0. The molecule has 1 aliphatic heterocycles. The molecule has 0 aliphatic carbocycles. The number of tetrazole rings is 1. The first kappa shape index (κ1) is 16.7. The largest absolute Gasteiger partial charge is 0.486 e. The Bertz CT molecular complexity index is 689.